The molecule has 0 fully saturated rings. The first kappa shape index (κ1) is 18.0. The number of ether oxygens (including phenoxy) is 1. The Hall–Kier alpha value is -2.04. The number of nitrogens with zero attached hydrogens (tertiary/aromatic N) is 1. The van der Waals surface area contributed by atoms with E-state index >= 15 is 0 Å². The van der Waals surface area contributed by atoms with E-state index in [1.165, 1.54) is 11.8 Å². The third-order valence-corrected chi connectivity index (χ3v) is 3.29. The van der Waals surface area contributed by atoms with Gasteiger partial charge in [0.25, 0.3) is 0 Å². The minimum Gasteiger partial charge on any atom is -0.480 e. The summed E-state index contributed by atoms with van der Waals surface area (Å²) in [5.74, 6) is -1.04. The molecule has 0 aliphatic heterocycles. The van der Waals surface area contributed by atoms with Crippen LogP contribution in [-0.2, 0) is 9.53 Å². The van der Waals surface area contributed by atoms with Crippen molar-refractivity contribution < 1.29 is 19.4 Å². The number of carbonyl (C=O) groups is 2. The molecule has 0 saturated carbocycles. The molecule has 22 heavy (non-hydrogen) atoms. The molecule has 0 radical (unpaired) electrons. The van der Waals surface area contributed by atoms with Gasteiger partial charge in [-0.1, -0.05) is 37.3 Å². The van der Waals surface area contributed by atoms with Gasteiger partial charge in [-0.05, 0) is 39.2 Å². The molecule has 1 N–H and O–H groups in total. The standard InChI is InChI=1S/C17H25NO4/c1-12(14-9-7-6-8-10-14)11-18(13(2)15(19)20)16(21)22-17(3,4)5/h6-10,12-13H,11H2,1-5H3,(H,19,20)/t12?,13-/m0/s1. The number of hydrogen-bond donors (Lipinski definition) is 1. The maximum atomic E-state index is 12.3. The summed E-state index contributed by atoms with van der Waals surface area (Å²) < 4.78 is 5.33. The van der Waals surface area contributed by atoms with E-state index in [0.717, 1.165) is 5.56 Å². The molecule has 1 aromatic carbocycles. The number of amides is 1. The third kappa shape index (κ3) is 5.39. The number of benzene rings is 1. The van der Waals surface area contributed by atoms with Gasteiger partial charge in [-0.25, -0.2) is 9.59 Å². The lowest BCUT2D eigenvalue weighted by Crippen LogP contribution is -2.47. The Morgan fingerprint density at radius 3 is 2.18 bits per heavy atom. The highest BCUT2D eigenvalue weighted by Gasteiger charge is 2.31. The van der Waals surface area contributed by atoms with Crippen molar-refractivity contribution >= 4 is 12.1 Å². The molecule has 5 nitrogen and oxygen atoms in total. The Morgan fingerprint density at radius 1 is 1.18 bits per heavy atom. The van der Waals surface area contributed by atoms with Crippen molar-refractivity contribution in [3.63, 3.8) is 0 Å². The van der Waals surface area contributed by atoms with E-state index in [2.05, 4.69) is 0 Å². The highest BCUT2D eigenvalue weighted by atomic mass is 16.6. The van der Waals surface area contributed by atoms with Crippen LogP contribution in [0.3, 0.4) is 0 Å². The van der Waals surface area contributed by atoms with Gasteiger partial charge in [0.1, 0.15) is 11.6 Å². The Kier molecular flexibility index (Phi) is 5.97. The zero-order chi connectivity index (χ0) is 16.9. The topological polar surface area (TPSA) is 66.8 Å². The third-order valence-electron chi connectivity index (χ3n) is 3.29. The lowest BCUT2D eigenvalue weighted by atomic mass is 10.0. The SMILES string of the molecule is CC(CN(C(=O)OC(C)(C)C)[C@@H](C)C(=O)O)c1ccccc1. The normalized spacial score (nSPS) is 14.0. The van der Waals surface area contributed by atoms with Gasteiger partial charge in [0.05, 0.1) is 0 Å². The van der Waals surface area contributed by atoms with Crippen molar-refractivity contribution in [2.75, 3.05) is 6.54 Å². The minimum absolute atomic E-state index is 0.00974. The molecule has 5 heteroatoms. The van der Waals surface area contributed by atoms with Crippen LogP contribution in [0.15, 0.2) is 30.3 Å². The molecule has 0 aliphatic rings. The number of rotatable bonds is 5. The van der Waals surface area contributed by atoms with Crippen molar-refractivity contribution in [1.82, 2.24) is 4.90 Å². The second-order valence-corrected chi connectivity index (χ2v) is 6.46. The number of carboxylic acids is 1. The number of aliphatic carboxylic acids is 1. The van der Waals surface area contributed by atoms with Crippen LogP contribution in [0.25, 0.3) is 0 Å². The minimum atomic E-state index is -1.05. The molecule has 1 amide bonds. The van der Waals surface area contributed by atoms with Crippen LogP contribution in [0.5, 0.6) is 0 Å². The van der Waals surface area contributed by atoms with Crippen LogP contribution in [0.1, 0.15) is 46.1 Å². The highest BCUT2D eigenvalue weighted by molar-refractivity contribution is 5.79. The molecule has 0 heterocycles. The molecule has 122 valence electrons. The molecule has 0 aromatic heterocycles. The van der Waals surface area contributed by atoms with E-state index in [1.807, 2.05) is 37.3 Å². The summed E-state index contributed by atoms with van der Waals surface area (Å²) in [7, 11) is 0. The Bertz CT molecular complexity index is 507. The zero-order valence-electron chi connectivity index (χ0n) is 13.9. The maximum absolute atomic E-state index is 12.3. The fourth-order valence-corrected chi connectivity index (χ4v) is 2.03. The summed E-state index contributed by atoms with van der Waals surface area (Å²) in [5.41, 5.74) is 0.387. The predicted molar refractivity (Wildman–Crippen MR) is 84.9 cm³/mol. The lowest BCUT2D eigenvalue weighted by molar-refractivity contribution is -0.142. The quantitative estimate of drug-likeness (QED) is 0.904. The van der Waals surface area contributed by atoms with Crippen LogP contribution in [-0.4, -0.2) is 40.3 Å². The number of carboxylic acid groups (broad SMARTS) is 1. The van der Waals surface area contributed by atoms with Gasteiger partial charge in [-0.3, -0.25) is 4.90 Å². The van der Waals surface area contributed by atoms with Gasteiger partial charge in [0, 0.05) is 6.54 Å². The molecule has 2 atom stereocenters. The molecular formula is C17H25NO4. The smallest absolute Gasteiger partial charge is 0.411 e. The average molecular weight is 307 g/mol. The summed E-state index contributed by atoms with van der Waals surface area (Å²) in [4.78, 5) is 24.9. The molecule has 0 saturated heterocycles. The first-order valence-electron chi connectivity index (χ1n) is 7.39. The molecule has 1 aromatic rings. The van der Waals surface area contributed by atoms with Gasteiger partial charge < -0.3 is 9.84 Å². The zero-order valence-corrected chi connectivity index (χ0v) is 13.9. The van der Waals surface area contributed by atoms with E-state index < -0.39 is 23.7 Å². The first-order valence-corrected chi connectivity index (χ1v) is 7.39. The summed E-state index contributed by atoms with van der Waals surface area (Å²) in [6, 6.07) is 8.74. The molecule has 0 bridgehead atoms. The molecular weight excluding hydrogens is 282 g/mol. The summed E-state index contributed by atoms with van der Waals surface area (Å²) >= 11 is 0. The van der Waals surface area contributed by atoms with Crippen LogP contribution >= 0.6 is 0 Å². The van der Waals surface area contributed by atoms with E-state index in [9.17, 15) is 14.7 Å². The number of carbonyl (C=O) groups excluding carboxylic acids is 1. The van der Waals surface area contributed by atoms with E-state index in [-0.39, 0.29) is 12.5 Å². The second-order valence-electron chi connectivity index (χ2n) is 6.46. The monoisotopic (exact) mass is 307 g/mol. The van der Waals surface area contributed by atoms with Gasteiger partial charge in [-0.2, -0.15) is 0 Å². The lowest BCUT2D eigenvalue weighted by Gasteiger charge is -2.31. The van der Waals surface area contributed by atoms with Crippen LogP contribution < -0.4 is 0 Å². The van der Waals surface area contributed by atoms with E-state index in [0.29, 0.717) is 0 Å². The predicted octanol–water partition coefficient (Wildman–Crippen LogP) is 3.50. The van der Waals surface area contributed by atoms with Gasteiger partial charge in [0.15, 0.2) is 0 Å². The van der Waals surface area contributed by atoms with Crippen LogP contribution in [0.4, 0.5) is 4.79 Å². The van der Waals surface area contributed by atoms with Crippen molar-refractivity contribution in [3.05, 3.63) is 35.9 Å². The van der Waals surface area contributed by atoms with E-state index in [4.69, 9.17) is 4.74 Å². The molecule has 0 aliphatic carbocycles. The molecule has 1 rings (SSSR count). The average Bonchev–Trinajstić information content (AvgIpc) is 2.42. The summed E-state index contributed by atoms with van der Waals surface area (Å²) in [5, 5.41) is 9.23. The highest BCUT2D eigenvalue weighted by Crippen LogP contribution is 2.20. The van der Waals surface area contributed by atoms with Crippen molar-refractivity contribution in [3.8, 4) is 0 Å². The van der Waals surface area contributed by atoms with Gasteiger partial charge in [0.2, 0.25) is 0 Å². The van der Waals surface area contributed by atoms with Crippen molar-refractivity contribution in [2.45, 2.75) is 52.2 Å². The fraction of sp³-hybridized carbons (Fsp3) is 0.529. The Balaban J connectivity index is 2.91. The van der Waals surface area contributed by atoms with Crippen LogP contribution in [0.2, 0.25) is 0 Å². The van der Waals surface area contributed by atoms with Crippen molar-refractivity contribution in [1.29, 1.82) is 0 Å². The fourth-order valence-electron chi connectivity index (χ4n) is 2.03. The van der Waals surface area contributed by atoms with E-state index in [1.54, 1.807) is 20.8 Å². The maximum Gasteiger partial charge on any atom is 0.411 e. The summed E-state index contributed by atoms with van der Waals surface area (Å²) in [6.07, 6.45) is -0.606. The van der Waals surface area contributed by atoms with Gasteiger partial charge >= 0.3 is 12.1 Å². The molecule has 1 unspecified atom stereocenters. The van der Waals surface area contributed by atoms with Gasteiger partial charge in [-0.15, -0.1) is 0 Å². The Labute approximate surface area is 131 Å². The van der Waals surface area contributed by atoms with Crippen LogP contribution in [0, 0.1) is 0 Å². The summed E-state index contributed by atoms with van der Waals surface area (Å²) in [6.45, 7) is 9.01. The van der Waals surface area contributed by atoms with Crippen molar-refractivity contribution in [2.24, 2.45) is 0 Å². The largest absolute Gasteiger partial charge is 0.480 e. The number of hydrogen-bond acceptors (Lipinski definition) is 3. The first-order chi connectivity index (χ1) is 10.1. The molecule has 0 spiro atoms. The Morgan fingerprint density at radius 2 is 1.73 bits per heavy atom. The second kappa shape index (κ2) is 7.29.